The Kier molecular flexibility index (Phi) is 16.0. The van der Waals surface area contributed by atoms with E-state index in [1.807, 2.05) is 0 Å². The second-order valence-electron chi connectivity index (χ2n) is 24.1. The topological polar surface area (TPSA) is 642 Å². The zero-order valence-electron chi connectivity index (χ0n) is 51.4. The van der Waals surface area contributed by atoms with E-state index in [-0.39, 0.29) is 62.3 Å². The molecule has 20 rings (SSSR count). The third-order valence-electron chi connectivity index (χ3n) is 18.6. The highest BCUT2D eigenvalue weighted by Gasteiger charge is 2.53. The van der Waals surface area contributed by atoms with Gasteiger partial charge in [-0.15, -0.1) is 27.7 Å². The normalized spacial score (nSPS) is 31.5. The molecule has 5 fully saturated rings. The number of rotatable bonds is 4. The van der Waals surface area contributed by atoms with E-state index in [1.54, 1.807) is 23.2 Å². The molecule has 20 heterocycles. The smallest absolute Gasteiger partial charge is 0.353 e. The average Bonchev–Trinajstić information content (AvgIpc) is 1.62. The van der Waals surface area contributed by atoms with Crippen molar-refractivity contribution >= 4 is 91.5 Å². The molecule has 0 aromatic carbocycles. The lowest BCUT2D eigenvalue weighted by atomic mass is 10.1. The van der Waals surface area contributed by atoms with Crippen molar-refractivity contribution in [2.75, 3.05) is 43.1 Å². The first kappa shape index (κ1) is 66.1. The molecule has 50 heteroatoms. The number of H-pyrrole nitrogens is 1. The van der Waals surface area contributed by atoms with Crippen LogP contribution in [0.25, 0.3) is 55.8 Å². The van der Waals surface area contributed by atoms with Crippen molar-refractivity contribution in [3.63, 3.8) is 0 Å². The van der Waals surface area contributed by atoms with Gasteiger partial charge in [0, 0.05) is 14.1 Å². The van der Waals surface area contributed by atoms with Crippen molar-refractivity contribution < 1.29 is 79.6 Å². The molecule has 0 amide bonds. The maximum Gasteiger partial charge on any atom is 0.353 e. The number of fused-ring (bicyclic) bond motifs is 15. The molecule has 10 aliphatic heterocycles. The Balaban J connectivity index is 0.000000101. The van der Waals surface area contributed by atoms with Crippen LogP contribution in [0.5, 0.6) is 0 Å². The number of aromatic amines is 1. The van der Waals surface area contributed by atoms with Crippen molar-refractivity contribution in [1.29, 1.82) is 0 Å². The third-order valence-corrected chi connectivity index (χ3v) is 18.6. The molecule has 5 saturated heterocycles. The van der Waals surface area contributed by atoms with Gasteiger partial charge in [-0.05, 0) is 0 Å². The summed E-state index contributed by atoms with van der Waals surface area (Å²) in [7, 11) is 4.64. The van der Waals surface area contributed by atoms with Gasteiger partial charge < -0.3 is 100 Å². The Hall–Kier alpha value is -9.81. The van der Waals surface area contributed by atoms with Crippen molar-refractivity contribution in [2.45, 2.75) is 155 Å². The van der Waals surface area contributed by atoms with E-state index >= 15 is 0 Å². The fourth-order valence-corrected chi connectivity index (χ4v) is 13.9. The van der Waals surface area contributed by atoms with Crippen LogP contribution in [0, 0.1) is 0 Å². The molecule has 0 aliphatic carbocycles. The summed E-state index contributed by atoms with van der Waals surface area (Å²) >= 11 is 0. The van der Waals surface area contributed by atoms with E-state index in [0.29, 0.717) is 61.9 Å². The first-order valence-corrected chi connectivity index (χ1v) is 30.2. The van der Waals surface area contributed by atoms with Gasteiger partial charge in [0.1, 0.15) is 97.1 Å². The molecular weight excluding hydrogens is 1370 g/mol. The molecule has 49 nitrogen and oxygen atoms in total. The zero-order chi connectivity index (χ0) is 69.4. The number of aromatic nitrogens is 23. The summed E-state index contributed by atoms with van der Waals surface area (Å²) < 4.78 is 41.2. The van der Waals surface area contributed by atoms with E-state index in [1.165, 1.54) is 47.5 Å². The van der Waals surface area contributed by atoms with E-state index < -0.39 is 157 Å². The Morgan fingerprint density at radius 3 is 1.14 bits per heavy atom. The minimum Gasteiger partial charge on any atom is -0.387 e. The number of aliphatic hydroxyl groups excluding tert-OH is 10. The standard InChI is InChI=1S/C10H12N6O5.2C10H12N6O4.C10H11N5O4.C10H10N4O5.ClH/c1-20-13-7-4-8-15(14-12-4)2-3-5(17)6(18)9(21-3)16(8)10(19)11-7;2*1-11-7-4-8-15(14-13-4)2-3-5(17)6(18)9(20-3)16(8)10(19)12-7;11-7-4-8-14(2-12-4)1-3-5(16)6(17)9(19-3)15(8)10(18)13-7;15-5-3-1-13-2-11-4-7(17)12-10(18)14(8(4)13)9(19-3)6(5)16;/h3,5-6,9,17-18H,2H2,1H3,(H,11,13,19);2*3,5-6,9,17-18H,2H2,1H3,(H,11,12,19);2-3,5-6,9,16-17H,1H2,(H2,11,13,18);2-3,5-6,9,15-16H,1H2,(H,12,17,18);1H/t5*3-,5?,6?,9-;/m11111./s1. The number of anilines is 4. The van der Waals surface area contributed by atoms with Gasteiger partial charge in [-0.2, -0.15) is 19.9 Å². The summed E-state index contributed by atoms with van der Waals surface area (Å²) in [5.74, 6) is 0.816. The molecular formula is C50H58ClN27O22. The highest BCUT2D eigenvalue weighted by molar-refractivity contribution is 5.86. The number of nitrogen functional groups attached to an aromatic ring is 1. The van der Waals surface area contributed by atoms with Crippen LogP contribution < -0.4 is 55.9 Å². The first-order valence-electron chi connectivity index (χ1n) is 30.2. The number of nitrogens with zero attached hydrogens (tertiary/aromatic N) is 22. The zero-order valence-corrected chi connectivity index (χ0v) is 52.2. The first-order chi connectivity index (χ1) is 47.5. The molecule has 10 aliphatic rings. The molecule has 10 aromatic rings. The summed E-state index contributed by atoms with van der Waals surface area (Å²) in [6.45, 7) is 1.08. The number of hydrogen-bond acceptors (Lipinski definition) is 38. The SMILES string of the molecule is CNc1nc(=O)n2c3c1nnn3C[C@H]1O[C@@H]2C(O)C1O.CNc1nc(=O)n2c3c1nnn3C[C@H]1O[C@@H]2C(O)C1O.CONc1nc(=O)n2c3c1nnn3C[C@H]1O[C@@H]2C(O)C1O.Cl.Nc1nc(=O)n2c3c1ncn3C[C@H]1O[C@@H]2C(O)C1O.O=c1[nH]c(=O)n2c3c1ncn3C[C@H]1O[C@@H]2C(O)C1O. The highest BCUT2D eigenvalue weighted by Crippen LogP contribution is 2.40. The predicted octanol–water partition coefficient (Wildman–Crippen LogP) is -11.3. The van der Waals surface area contributed by atoms with Gasteiger partial charge in [0.05, 0.1) is 52.5 Å². The van der Waals surface area contributed by atoms with Gasteiger partial charge >= 0.3 is 28.4 Å². The molecule has 10 aromatic heterocycles. The van der Waals surface area contributed by atoms with Crippen LogP contribution >= 0.6 is 12.4 Å². The van der Waals surface area contributed by atoms with Crippen LogP contribution in [0.3, 0.4) is 0 Å². The van der Waals surface area contributed by atoms with Crippen LogP contribution in [0.4, 0.5) is 23.3 Å². The molecule has 0 spiro atoms. The van der Waals surface area contributed by atoms with Crippen LogP contribution in [0.15, 0.2) is 41.4 Å². The molecule has 0 saturated carbocycles. The summed E-state index contributed by atoms with van der Waals surface area (Å²) in [6, 6.07) is 0. The van der Waals surface area contributed by atoms with Gasteiger partial charge in [0.25, 0.3) is 5.56 Å². The number of nitrogens with two attached hydrogens (primary N) is 1. The van der Waals surface area contributed by atoms with Crippen LogP contribution in [0.2, 0.25) is 0 Å². The molecule has 532 valence electrons. The molecule has 10 bridgehead atoms. The number of nitrogens with one attached hydrogen (secondary N) is 4. The molecule has 20 atom stereocenters. The third kappa shape index (κ3) is 9.75. The fourth-order valence-electron chi connectivity index (χ4n) is 13.9. The fraction of sp³-hybridized carbons (Fsp3) is 0.560. The average molecular weight is 1420 g/mol. The Morgan fingerprint density at radius 2 is 0.760 bits per heavy atom. The predicted molar refractivity (Wildman–Crippen MR) is 326 cm³/mol. The van der Waals surface area contributed by atoms with Gasteiger partial charge in [0.2, 0.25) is 0 Å². The number of halogens is 1. The number of aliphatic hydroxyl groups is 10. The number of hydrogen-bond donors (Lipinski definition) is 15. The van der Waals surface area contributed by atoms with Crippen LogP contribution in [-0.4, -0.2) is 276 Å². The number of imidazole rings is 2. The van der Waals surface area contributed by atoms with Gasteiger partial charge in [-0.25, -0.2) is 76.3 Å². The molecule has 100 heavy (non-hydrogen) atoms. The van der Waals surface area contributed by atoms with Gasteiger partial charge in [0.15, 0.2) is 105 Å². The maximum absolute atomic E-state index is 12.3. The highest BCUT2D eigenvalue weighted by atomic mass is 35.5. The van der Waals surface area contributed by atoms with Crippen molar-refractivity contribution in [3.8, 4) is 0 Å². The molecule has 10 unspecified atom stereocenters. The largest absolute Gasteiger partial charge is 0.387 e. The summed E-state index contributed by atoms with van der Waals surface area (Å²) in [4.78, 5) is 102. The lowest BCUT2D eigenvalue weighted by Gasteiger charge is -2.19. The maximum atomic E-state index is 12.3. The minimum atomic E-state index is -1.22. The Labute approximate surface area is 555 Å². The summed E-state index contributed by atoms with van der Waals surface area (Å²) in [6.07, 6.45) is -16.7. The van der Waals surface area contributed by atoms with Crippen LogP contribution in [-0.2, 0) is 61.2 Å². The number of ether oxygens (including phenoxy) is 5. The Bertz CT molecular complexity index is 5190. The molecule has 0 radical (unpaired) electrons. The van der Waals surface area contributed by atoms with Crippen molar-refractivity contribution in [1.82, 2.24) is 112 Å². The van der Waals surface area contributed by atoms with E-state index in [9.17, 15) is 79.8 Å². The van der Waals surface area contributed by atoms with Crippen molar-refractivity contribution in [3.05, 3.63) is 75.4 Å². The minimum absolute atomic E-state index is 0. The van der Waals surface area contributed by atoms with Crippen molar-refractivity contribution in [2.24, 2.45) is 0 Å². The van der Waals surface area contributed by atoms with Gasteiger partial charge in [-0.1, -0.05) is 15.6 Å². The Morgan fingerprint density at radius 1 is 0.440 bits per heavy atom. The second kappa shape index (κ2) is 24.2. The van der Waals surface area contributed by atoms with E-state index in [0.717, 1.165) is 9.13 Å². The second-order valence-corrected chi connectivity index (χ2v) is 24.1. The molecule has 16 N–H and O–H groups in total. The lowest BCUT2D eigenvalue weighted by Crippen LogP contribution is -2.40. The van der Waals surface area contributed by atoms with Gasteiger partial charge in [-0.3, -0.25) is 14.6 Å². The van der Waals surface area contributed by atoms with Crippen LogP contribution in [0.1, 0.15) is 31.1 Å². The summed E-state index contributed by atoms with van der Waals surface area (Å²) in [5.41, 5.74) is 7.99. The lowest BCUT2D eigenvalue weighted by molar-refractivity contribution is -0.0357. The van der Waals surface area contributed by atoms with E-state index in [2.05, 4.69) is 81.9 Å². The monoisotopic (exact) mass is 1420 g/mol. The summed E-state index contributed by atoms with van der Waals surface area (Å²) in [5, 5.41) is 129. The quantitative estimate of drug-likeness (QED) is 0.0728. The van der Waals surface area contributed by atoms with E-state index in [4.69, 9.17) is 34.3 Å².